The van der Waals surface area contributed by atoms with Crippen LogP contribution < -0.4 is 10.6 Å². The van der Waals surface area contributed by atoms with Crippen LogP contribution in [0, 0.1) is 0 Å². The largest absolute Gasteiger partial charge is 0.336 e. The molecule has 1 saturated heterocycles. The number of rotatable bonds is 1. The Bertz CT molecular complexity index is 438. The molecular formula is C13H17N3O. The molecule has 0 aliphatic carbocycles. The van der Waals surface area contributed by atoms with Gasteiger partial charge in [-0.15, -0.1) is 0 Å². The summed E-state index contributed by atoms with van der Waals surface area (Å²) in [5.41, 5.74) is 3.34. The highest BCUT2D eigenvalue weighted by atomic mass is 16.2. The second-order valence-electron chi connectivity index (χ2n) is 4.59. The van der Waals surface area contributed by atoms with Crippen molar-refractivity contribution in [3.63, 3.8) is 0 Å². The number of amides is 1. The van der Waals surface area contributed by atoms with E-state index >= 15 is 0 Å². The Morgan fingerprint density at radius 3 is 2.76 bits per heavy atom. The standard InChI is InChI=1S/C13H17N3O/c17-13(16-6-4-14-5-7-16)11-3-1-2-10-8-15-9-12(10)11/h1-3,14-15H,4-9H2. The Labute approximate surface area is 101 Å². The van der Waals surface area contributed by atoms with Crippen LogP contribution in [0.2, 0.25) is 0 Å². The first-order valence-corrected chi connectivity index (χ1v) is 6.18. The van der Waals surface area contributed by atoms with E-state index in [1.165, 1.54) is 11.1 Å². The van der Waals surface area contributed by atoms with Crippen molar-refractivity contribution in [1.29, 1.82) is 0 Å². The normalized spacial score (nSPS) is 19.2. The van der Waals surface area contributed by atoms with Crippen LogP contribution >= 0.6 is 0 Å². The number of nitrogens with one attached hydrogen (secondary N) is 2. The van der Waals surface area contributed by atoms with Gasteiger partial charge < -0.3 is 15.5 Å². The van der Waals surface area contributed by atoms with E-state index in [1.807, 2.05) is 17.0 Å². The molecule has 17 heavy (non-hydrogen) atoms. The van der Waals surface area contributed by atoms with Gasteiger partial charge in [-0.1, -0.05) is 12.1 Å². The van der Waals surface area contributed by atoms with Crippen LogP contribution in [0.1, 0.15) is 21.5 Å². The molecule has 0 spiro atoms. The molecule has 0 unspecified atom stereocenters. The zero-order valence-electron chi connectivity index (χ0n) is 9.83. The molecule has 4 heteroatoms. The molecule has 0 aromatic heterocycles. The first-order chi connectivity index (χ1) is 8.36. The number of fused-ring (bicyclic) bond motifs is 1. The highest BCUT2D eigenvalue weighted by Crippen LogP contribution is 2.21. The van der Waals surface area contributed by atoms with E-state index in [9.17, 15) is 4.79 Å². The highest BCUT2D eigenvalue weighted by molar-refractivity contribution is 5.96. The number of carbonyl (C=O) groups is 1. The predicted molar refractivity (Wildman–Crippen MR) is 65.8 cm³/mol. The first-order valence-electron chi connectivity index (χ1n) is 6.18. The highest BCUT2D eigenvalue weighted by Gasteiger charge is 2.23. The van der Waals surface area contributed by atoms with Gasteiger partial charge in [0.15, 0.2) is 0 Å². The predicted octanol–water partition coefficient (Wildman–Crippen LogP) is 0.335. The number of piperazine rings is 1. The Balaban J connectivity index is 1.88. The van der Waals surface area contributed by atoms with Crippen LogP contribution in [-0.2, 0) is 13.1 Å². The molecule has 2 aliphatic rings. The Kier molecular flexibility index (Phi) is 2.82. The average Bonchev–Trinajstić information content (AvgIpc) is 2.87. The number of carbonyl (C=O) groups excluding carboxylic acids is 1. The molecule has 3 rings (SSSR count). The van der Waals surface area contributed by atoms with Gasteiger partial charge >= 0.3 is 0 Å². The van der Waals surface area contributed by atoms with Crippen molar-refractivity contribution in [2.45, 2.75) is 13.1 Å². The summed E-state index contributed by atoms with van der Waals surface area (Å²) in [6, 6.07) is 6.04. The molecule has 2 aliphatic heterocycles. The van der Waals surface area contributed by atoms with Gasteiger partial charge in [-0.25, -0.2) is 0 Å². The van der Waals surface area contributed by atoms with Crippen LogP contribution in [0.3, 0.4) is 0 Å². The molecule has 1 fully saturated rings. The number of hydrogen-bond acceptors (Lipinski definition) is 3. The van der Waals surface area contributed by atoms with Crippen molar-refractivity contribution in [2.75, 3.05) is 26.2 Å². The molecule has 90 valence electrons. The van der Waals surface area contributed by atoms with Gasteiger partial charge in [0.25, 0.3) is 5.91 Å². The summed E-state index contributed by atoms with van der Waals surface area (Å²) in [5, 5.41) is 6.57. The Hall–Kier alpha value is -1.39. The van der Waals surface area contributed by atoms with Gasteiger partial charge in [0.1, 0.15) is 0 Å². The zero-order valence-corrected chi connectivity index (χ0v) is 9.83. The van der Waals surface area contributed by atoms with Crippen LogP contribution in [0.5, 0.6) is 0 Å². The van der Waals surface area contributed by atoms with Gasteiger partial charge in [-0.3, -0.25) is 4.79 Å². The van der Waals surface area contributed by atoms with E-state index in [0.29, 0.717) is 0 Å². The molecule has 1 aromatic rings. The minimum absolute atomic E-state index is 0.187. The molecular weight excluding hydrogens is 214 g/mol. The van der Waals surface area contributed by atoms with Gasteiger partial charge in [-0.2, -0.15) is 0 Å². The maximum atomic E-state index is 12.4. The molecule has 2 N–H and O–H groups in total. The smallest absolute Gasteiger partial charge is 0.254 e. The lowest BCUT2D eigenvalue weighted by atomic mass is 10.0. The SMILES string of the molecule is O=C(c1cccc2c1CNC2)N1CCNCC1. The molecule has 0 bridgehead atoms. The van der Waals surface area contributed by atoms with E-state index < -0.39 is 0 Å². The summed E-state index contributed by atoms with van der Waals surface area (Å²) in [5.74, 6) is 0.187. The number of hydrogen-bond donors (Lipinski definition) is 2. The third-order valence-corrected chi connectivity index (χ3v) is 3.52. The quantitative estimate of drug-likeness (QED) is 0.732. The maximum absolute atomic E-state index is 12.4. The third-order valence-electron chi connectivity index (χ3n) is 3.52. The average molecular weight is 231 g/mol. The summed E-state index contributed by atoms with van der Waals surface area (Å²) in [6.07, 6.45) is 0. The van der Waals surface area contributed by atoms with E-state index in [2.05, 4.69) is 16.7 Å². The lowest BCUT2D eigenvalue weighted by Crippen LogP contribution is -2.46. The van der Waals surface area contributed by atoms with Crippen molar-refractivity contribution < 1.29 is 4.79 Å². The molecule has 0 radical (unpaired) electrons. The summed E-state index contributed by atoms with van der Waals surface area (Å²) in [7, 11) is 0. The molecule has 4 nitrogen and oxygen atoms in total. The van der Waals surface area contributed by atoms with Crippen molar-refractivity contribution in [3.05, 3.63) is 34.9 Å². The Morgan fingerprint density at radius 2 is 1.94 bits per heavy atom. The van der Waals surface area contributed by atoms with Gasteiger partial charge in [0.05, 0.1) is 0 Å². The topological polar surface area (TPSA) is 44.4 Å². The fraction of sp³-hybridized carbons (Fsp3) is 0.462. The molecule has 0 atom stereocenters. The summed E-state index contributed by atoms with van der Waals surface area (Å²) in [4.78, 5) is 14.4. The van der Waals surface area contributed by atoms with E-state index in [0.717, 1.165) is 44.8 Å². The molecule has 0 saturated carbocycles. The maximum Gasteiger partial charge on any atom is 0.254 e. The van der Waals surface area contributed by atoms with Crippen LogP contribution in [-0.4, -0.2) is 37.0 Å². The van der Waals surface area contributed by atoms with Crippen molar-refractivity contribution in [3.8, 4) is 0 Å². The lowest BCUT2D eigenvalue weighted by Gasteiger charge is -2.28. The molecule has 1 aromatic carbocycles. The Morgan fingerprint density at radius 1 is 1.12 bits per heavy atom. The molecule has 2 heterocycles. The zero-order chi connectivity index (χ0) is 11.7. The van der Waals surface area contributed by atoms with Gasteiger partial charge in [-0.05, 0) is 17.2 Å². The minimum atomic E-state index is 0.187. The second-order valence-corrected chi connectivity index (χ2v) is 4.59. The first kappa shape index (κ1) is 10.7. The molecule has 1 amide bonds. The fourth-order valence-corrected chi connectivity index (χ4v) is 2.57. The number of benzene rings is 1. The van der Waals surface area contributed by atoms with Crippen LogP contribution in [0.15, 0.2) is 18.2 Å². The number of nitrogens with zero attached hydrogens (tertiary/aromatic N) is 1. The third kappa shape index (κ3) is 1.94. The minimum Gasteiger partial charge on any atom is -0.336 e. The van der Waals surface area contributed by atoms with Crippen LogP contribution in [0.4, 0.5) is 0 Å². The summed E-state index contributed by atoms with van der Waals surface area (Å²) < 4.78 is 0. The van der Waals surface area contributed by atoms with Crippen molar-refractivity contribution >= 4 is 5.91 Å². The summed E-state index contributed by atoms with van der Waals surface area (Å²) in [6.45, 7) is 5.14. The monoisotopic (exact) mass is 231 g/mol. The second kappa shape index (κ2) is 4.47. The van der Waals surface area contributed by atoms with E-state index in [-0.39, 0.29) is 5.91 Å². The van der Waals surface area contributed by atoms with E-state index in [1.54, 1.807) is 0 Å². The van der Waals surface area contributed by atoms with Gasteiger partial charge in [0, 0.05) is 44.8 Å². The fourth-order valence-electron chi connectivity index (χ4n) is 2.57. The van der Waals surface area contributed by atoms with Gasteiger partial charge in [0.2, 0.25) is 0 Å². The van der Waals surface area contributed by atoms with Crippen molar-refractivity contribution in [2.24, 2.45) is 0 Å². The van der Waals surface area contributed by atoms with E-state index in [4.69, 9.17) is 0 Å². The van der Waals surface area contributed by atoms with Crippen molar-refractivity contribution in [1.82, 2.24) is 15.5 Å². The summed E-state index contributed by atoms with van der Waals surface area (Å²) >= 11 is 0. The lowest BCUT2D eigenvalue weighted by molar-refractivity contribution is 0.0734. The van der Waals surface area contributed by atoms with Crippen LogP contribution in [0.25, 0.3) is 0 Å².